The number of nitrogens with zero attached hydrogens (tertiary/aromatic N) is 4. The molecule has 7 heteroatoms. The predicted molar refractivity (Wildman–Crippen MR) is 59.5 cm³/mol. The topological polar surface area (TPSA) is 107 Å². The molecule has 7 nitrogen and oxygen atoms in total. The third-order valence-electron chi connectivity index (χ3n) is 2.20. The summed E-state index contributed by atoms with van der Waals surface area (Å²) in [5, 5.41) is 13.8. The molecule has 0 saturated carbocycles. The molecule has 2 aromatic heterocycles. The number of aromatic nitrogens is 5. The molecule has 1 aromatic carbocycles. The molecule has 0 unspecified atom stereocenters. The average molecular weight is 228 g/mol. The van der Waals surface area contributed by atoms with Crippen molar-refractivity contribution in [3.63, 3.8) is 0 Å². The maximum absolute atomic E-state index is 5.68. The Labute approximate surface area is 95.7 Å². The molecule has 0 fully saturated rings. The van der Waals surface area contributed by atoms with E-state index in [2.05, 4.69) is 25.6 Å². The van der Waals surface area contributed by atoms with E-state index >= 15 is 0 Å². The molecule has 17 heavy (non-hydrogen) atoms. The molecular formula is C10H8N6O. The Bertz CT molecular complexity index is 630. The van der Waals surface area contributed by atoms with Crippen LogP contribution in [0.25, 0.3) is 23.0 Å². The van der Waals surface area contributed by atoms with E-state index in [0.717, 1.165) is 5.56 Å². The maximum Gasteiger partial charge on any atom is 0.258 e. The molecule has 0 aliphatic heterocycles. The number of nitrogen functional groups attached to an aromatic ring is 1. The zero-order valence-corrected chi connectivity index (χ0v) is 8.66. The Balaban J connectivity index is 2.01. The normalized spacial score (nSPS) is 10.6. The van der Waals surface area contributed by atoms with Crippen LogP contribution < -0.4 is 5.73 Å². The molecule has 0 aliphatic carbocycles. The van der Waals surface area contributed by atoms with E-state index in [-0.39, 0.29) is 0 Å². The van der Waals surface area contributed by atoms with E-state index in [1.54, 1.807) is 12.1 Å². The first kappa shape index (κ1) is 9.52. The van der Waals surface area contributed by atoms with Crippen LogP contribution in [0.1, 0.15) is 0 Å². The molecule has 0 saturated heterocycles. The van der Waals surface area contributed by atoms with E-state index in [1.807, 2.05) is 12.1 Å². The van der Waals surface area contributed by atoms with Crippen molar-refractivity contribution in [1.82, 2.24) is 25.6 Å². The van der Waals surface area contributed by atoms with Crippen molar-refractivity contribution < 1.29 is 4.52 Å². The molecule has 2 heterocycles. The van der Waals surface area contributed by atoms with Crippen molar-refractivity contribution in [2.24, 2.45) is 0 Å². The molecule has 0 atom stereocenters. The standard InChI is InChI=1S/C10H8N6O/c11-7-3-1-2-6(4-7)10-13-9(15-17-10)8-5-12-16-14-8/h1-5H,11H2,(H,12,14,16). The summed E-state index contributed by atoms with van der Waals surface area (Å²) in [4.78, 5) is 4.21. The predicted octanol–water partition coefficient (Wildman–Crippen LogP) is 1.10. The van der Waals surface area contributed by atoms with Gasteiger partial charge in [0.25, 0.3) is 5.89 Å². The van der Waals surface area contributed by atoms with Gasteiger partial charge in [-0.05, 0) is 18.2 Å². The highest BCUT2D eigenvalue weighted by molar-refractivity contribution is 5.61. The maximum atomic E-state index is 5.68. The van der Waals surface area contributed by atoms with Gasteiger partial charge in [-0.15, -0.1) is 0 Å². The van der Waals surface area contributed by atoms with Crippen molar-refractivity contribution in [3.8, 4) is 23.0 Å². The summed E-state index contributed by atoms with van der Waals surface area (Å²) in [5.74, 6) is 0.784. The summed E-state index contributed by atoms with van der Waals surface area (Å²) in [5.41, 5.74) is 7.62. The minimum absolute atomic E-state index is 0.385. The van der Waals surface area contributed by atoms with Crippen molar-refractivity contribution in [1.29, 1.82) is 0 Å². The third-order valence-corrected chi connectivity index (χ3v) is 2.20. The summed E-state index contributed by atoms with van der Waals surface area (Å²) in [6.07, 6.45) is 1.52. The highest BCUT2D eigenvalue weighted by atomic mass is 16.5. The number of hydrogen-bond acceptors (Lipinski definition) is 6. The number of anilines is 1. The lowest BCUT2D eigenvalue weighted by molar-refractivity contribution is 0.432. The quantitative estimate of drug-likeness (QED) is 0.636. The van der Waals surface area contributed by atoms with Gasteiger partial charge in [-0.25, -0.2) is 0 Å². The van der Waals surface area contributed by atoms with Crippen LogP contribution in [-0.4, -0.2) is 25.6 Å². The largest absolute Gasteiger partial charge is 0.399 e. The molecular weight excluding hydrogens is 220 g/mol. The average Bonchev–Trinajstić information content (AvgIpc) is 3.00. The lowest BCUT2D eigenvalue weighted by Crippen LogP contribution is -1.85. The van der Waals surface area contributed by atoms with Gasteiger partial charge in [-0.1, -0.05) is 11.2 Å². The molecule has 3 aromatic rings. The lowest BCUT2D eigenvalue weighted by Gasteiger charge is -1.94. The Kier molecular flexibility index (Phi) is 2.08. The Hall–Kier alpha value is -2.70. The summed E-state index contributed by atoms with van der Waals surface area (Å²) in [7, 11) is 0. The molecule has 0 spiro atoms. The van der Waals surface area contributed by atoms with E-state index in [4.69, 9.17) is 10.3 Å². The first-order valence-corrected chi connectivity index (χ1v) is 4.89. The van der Waals surface area contributed by atoms with Crippen molar-refractivity contribution in [2.45, 2.75) is 0 Å². The Morgan fingerprint density at radius 3 is 3.00 bits per heavy atom. The van der Waals surface area contributed by atoms with Gasteiger partial charge in [0, 0.05) is 11.3 Å². The third kappa shape index (κ3) is 1.73. The minimum Gasteiger partial charge on any atom is -0.399 e. The van der Waals surface area contributed by atoms with Gasteiger partial charge in [0.2, 0.25) is 5.82 Å². The fourth-order valence-corrected chi connectivity index (χ4v) is 1.43. The number of rotatable bonds is 2. The van der Waals surface area contributed by atoms with Crippen molar-refractivity contribution in [2.75, 3.05) is 5.73 Å². The van der Waals surface area contributed by atoms with Crippen LogP contribution in [0.15, 0.2) is 35.0 Å². The first-order chi connectivity index (χ1) is 8.33. The molecule has 0 radical (unpaired) electrons. The summed E-state index contributed by atoms with van der Waals surface area (Å²) < 4.78 is 5.13. The molecule has 0 aliphatic rings. The second-order valence-electron chi connectivity index (χ2n) is 3.40. The molecule has 3 rings (SSSR count). The van der Waals surface area contributed by atoms with Crippen LogP contribution in [0.4, 0.5) is 5.69 Å². The zero-order chi connectivity index (χ0) is 11.7. The van der Waals surface area contributed by atoms with Gasteiger partial charge in [-0.2, -0.15) is 20.4 Å². The summed E-state index contributed by atoms with van der Waals surface area (Å²) in [6, 6.07) is 7.22. The van der Waals surface area contributed by atoms with Gasteiger partial charge in [0.05, 0.1) is 6.20 Å². The number of aromatic amines is 1. The van der Waals surface area contributed by atoms with E-state index < -0.39 is 0 Å². The molecule has 0 amide bonds. The van der Waals surface area contributed by atoms with Crippen LogP contribution in [0.5, 0.6) is 0 Å². The molecule has 3 N–H and O–H groups in total. The highest BCUT2D eigenvalue weighted by Gasteiger charge is 2.12. The Morgan fingerprint density at radius 1 is 1.29 bits per heavy atom. The zero-order valence-electron chi connectivity index (χ0n) is 8.66. The van der Waals surface area contributed by atoms with Crippen LogP contribution in [-0.2, 0) is 0 Å². The van der Waals surface area contributed by atoms with Crippen LogP contribution in [0.2, 0.25) is 0 Å². The first-order valence-electron chi connectivity index (χ1n) is 4.89. The summed E-state index contributed by atoms with van der Waals surface area (Å²) in [6.45, 7) is 0. The number of H-pyrrole nitrogens is 1. The van der Waals surface area contributed by atoms with E-state index in [9.17, 15) is 0 Å². The number of nitrogens with two attached hydrogens (primary N) is 1. The highest BCUT2D eigenvalue weighted by Crippen LogP contribution is 2.21. The van der Waals surface area contributed by atoms with Gasteiger partial charge >= 0.3 is 0 Å². The van der Waals surface area contributed by atoms with Gasteiger partial charge in [-0.3, -0.25) is 0 Å². The number of nitrogens with one attached hydrogen (secondary N) is 1. The Morgan fingerprint density at radius 2 is 2.24 bits per heavy atom. The van der Waals surface area contributed by atoms with Crippen LogP contribution in [0.3, 0.4) is 0 Å². The number of benzene rings is 1. The lowest BCUT2D eigenvalue weighted by atomic mass is 10.2. The van der Waals surface area contributed by atoms with Crippen LogP contribution >= 0.6 is 0 Å². The minimum atomic E-state index is 0.385. The van der Waals surface area contributed by atoms with Gasteiger partial charge < -0.3 is 10.3 Å². The summed E-state index contributed by atoms with van der Waals surface area (Å²) >= 11 is 0. The SMILES string of the molecule is Nc1cccc(-c2nc(-c3cn[nH]n3)no2)c1. The number of hydrogen-bond donors (Lipinski definition) is 2. The van der Waals surface area contributed by atoms with E-state index in [1.165, 1.54) is 6.20 Å². The fraction of sp³-hybridized carbons (Fsp3) is 0. The van der Waals surface area contributed by atoms with Gasteiger partial charge in [0.1, 0.15) is 0 Å². The molecule has 0 bridgehead atoms. The van der Waals surface area contributed by atoms with Crippen molar-refractivity contribution >= 4 is 5.69 Å². The van der Waals surface area contributed by atoms with Gasteiger partial charge in [0.15, 0.2) is 5.69 Å². The second-order valence-corrected chi connectivity index (χ2v) is 3.40. The second kappa shape index (κ2) is 3.71. The fourth-order valence-electron chi connectivity index (χ4n) is 1.43. The molecule has 84 valence electrons. The monoisotopic (exact) mass is 228 g/mol. The van der Waals surface area contributed by atoms with Crippen molar-refractivity contribution in [3.05, 3.63) is 30.5 Å². The smallest absolute Gasteiger partial charge is 0.258 e. The van der Waals surface area contributed by atoms with Crippen LogP contribution in [0, 0.1) is 0 Å². The van der Waals surface area contributed by atoms with E-state index in [0.29, 0.717) is 23.1 Å².